The number of piperidine rings is 2. The van der Waals surface area contributed by atoms with Crippen LogP contribution in [-0.2, 0) is 13.6 Å². The first-order chi connectivity index (χ1) is 12.2. The Hall–Kier alpha value is -1.51. The molecule has 0 saturated carbocycles. The van der Waals surface area contributed by atoms with Crippen LogP contribution in [0, 0.1) is 0 Å². The summed E-state index contributed by atoms with van der Waals surface area (Å²) in [6, 6.07) is 0. The summed E-state index contributed by atoms with van der Waals surface area (Å²) in [5.74, 6) is 2.53. The zero-order valence-corrected chi connectivity index (χ0v) is 15.5. The molecule has 2 saturated heterocycles. The second kappa shape index (κ2) is 7.39. The Balaban J connectivity index is 1.43. The van der Waals surface area contributed by atoms with E-state index < -0.39 is 0 Å². The van der Waals surface area contributed by atoms with Crippen LogP contribution in [0.5, 0.6) is 0 Å². The number of aliphatic hydroxyl groups is 1. The normalized spacial score (nSPS) is 23.3. The highest BCUT2D eigenvalue weighted by Gasteiger charge is 2.27. The van der Waals surface area contributed by atoms with Gasteiger partial charge >= 0.3 is 0 Å². The minimum Gasteiger partial charge on any atom is -0.393 e. The first-order valence-electron chi connectivity index (χ1n) is 9.13. The van der Waals surface area contributed by atoms with E-state index in [-0.39, 0.29) is 6.10 Å². The summed E-state index contributed by atoms with van der Waals surface area (Å²) >= 11 is 1.70. The summed E-state index contributed by atoms with van der Waals surface area (Å²) < 4.78 is 2.18. The van der Waals surface area contributed by atoms with Crippen LogP contribution in [0.4, 0.5) is 5.13 Å². The van der Waals surface area contributed by atoms with Crippen molar-refractivity contribution in [2.75, 3.05) is 31.1 Å². The predicted molar refractivity (Wildman–Crippen MR) is 97.8 cm³/mol. The molecule has 1 N–H and O–H groups in total. The van der Waals surface area contributed by atoms with E-state index in [0.717, 1.165) is 75.2 Å². The molecule has 1 unspecified atom stereocenters. The highest BCUT2D eigenvalue weighted by molar-refractivity contribution is 7.13. The molecule has 0 aliphatic carbocycles. The van der Waals surface area contributed by atoms with Crippen molar-refractivity contribution >= 4 is 16.5 Å². The highest BCUT2D eigenvalue weighted by Crippen LogP contribution is 2.30. The van der Waals surface area contributed by atoms with Crippen LogP contribution in [0.15, 0.2) is 11.6 Å². The number of likely N-dealkylation sites (tertiary alicyclic amines) is 1. The minimum atomic E-state index is -0.134. The third kappa shape index (κ3) is 3.70. The Morgan fingerprint density at radius 3 is 2.80 bits per heavy atom. The molecule has 0 aromatic carbocycles. The van der Waals surface area contributed by atoms with Crippen molar-refractivity contribution in [3.05, 3.63) is 23.2 Å². The van der Waals surface area contributed by atoms with E-state index >= 15 is 0 Å². The van der Waals surface area contributed by atoms with E-state index in [1.54, 1.807) is 11.3 Å². The summed E-state index contributed by atoms with van der Waals surface area (Å²) in [6.07, 6.45) is 5.77. The van der Waals surface area contributed by atoms with Crippen molar-refractivity contribution in [2.45, 2.75) is 44.2 Å². The molecule has 7 nitrogen and oxygen atoms in total. The quantitative estimate of drug-likeness (QED) is 0.891. The number of rotatable bonds is 4. The molecular formula is C17H26N6OS. The number of anilines is 1. The average Bonchev–Trinajstić information content (AvgIpc) is 3.28. The van der Waals surface area contributed by atoms with Crippen LogP contribution in [0.3, 0.4) is 0 Å². The van der Waals surface area contributed by atoms with E-state index in [1.807, 2.05) is 11.6 Å². The first kappa shape index (κ1) is 16.9. The minimum absolute atomic E-state index is 0.134. The van der Waals surface area contributed by atoms with Crippen molar-refractivity contribution in [2.24, 2.45) is 7.05 Å². The van der Waals surface area contributed by atoms with Crippen molar-refractivity contribution in [3.8, 4) is 0 Å². The monoisotopic (exact) mass is 362 g/mol. The molecule has 1 atom stereocenters. The van der Waals surface area contributed by atoms with Gasteiger partial charge in [0, 0.05) is 50.7 Å². The van der Waals surface area contributed by atoms with Gasteiger partial charge in [-0.15, -0.1) is 21.5 Å². The lowest BCUT2D eigenvalue weighted by atomic mass is 9.97. The third-order valence-electron chi connectivity index (χ3n) is 5.40. The SMILES string of the molecule is Cn1c(CN2CCC(O)CC2)nnc1C1CCCN(c2nccs2)C1. The Kier molecular flexibility index (Phi) is 5.00. The standard InChI is InChI=1S/C17H26N6OS/c1-21-15(12-22-8-4-14(24)5-9-22)19-20-16(21)13-3-2-7-23(11-13)17-18-6-10-25-17/h6,10,13-14,24H,2-5,7-9,11-12H2,1H3. The third-order valence-corrected chi connectivity index (χ3v) is 6.23. The molecule has 2 aromatic heterocycles. The lowest BCUT2D eigenvalue weighted by Gasteiger charge is -2.32. The molecule has 2 aromatic rings. The molecular weight excluding hydrogens is 336 g/mol. The van der Waals surface area contributed by atoms with Crippen molar-refractivity contribution in [3.63, 3.8) is 0 Å². The number of hydrogen-bond acceptors (Lipinski definition) is 7. The first-order valence-corrected chi connectivity index (χ1v) is 10.0. The maximum Gasteiger partial charge on any atom is 0.185 e. The molecule has 25 heavy (non-hydrogen) atoms. The van der Waals surface area contributed by atoms with Crippen LogP contribution in [0.25, 0.3) is 0 Å². The molecule has 4 heterocycles. The van der Waals surface area contributed by atoms with Gasteiger partial charge in [0.15, 0.2) is 5.13 Å². The van der Waals surface area contributed by atoms with Gasteiger partial charge in [-0.25, -0.2) is 4.98 Å². The van der Waals surface area contributed by atoms with Gasteiger partial charge < -0.3 is 14.6 Å². The Bertz CT molecular complexity index is 679. The van der Waals surface area contributed by atoms with Crippen molar-refractivity contribution < 1.29 is 5.11 Å². The zero-order valence-electron chi connectivity index (χ0n) is 14.7. The van der Waals surface area contributed by atoms with Crippen LogP contribution < -0.4 is 4.90 Å². The fourth-order valence-corrected chi connectivity index (χ4v) is 4.56. The summed E-state index contributed by atoms with van der Waals surface area (Å²) in [4.78, 5) is 9.19. The number of aliphatic hydroxyl groups excluding tert-OH is 1. The van der Waals surface area contributed by atoms with Crippen LogP contribution in [0.2, 0.25) is 0 Å². The van der Waals surface area contributed by atoms with Gasteiger partial charge in [0.05, 0.1) is 12.6 Å². The maximum absolute atomic E-state index is 9.66. The van der Waals surface area contributed by atoms with E-state index in [2.05, 4.69) is 36.6 Å². The summed E-state index contributed by atoms with van der Waals surface area (Å²) in [5, 5.41) is 21.8. The molecule has 2 fully saturated rings. The molecule has 0 bridgehead atoms. The lowest BCUT2D eigenvalue weighted by molar-refractivity contribution is 0.0775. The number of nitrogens with zero attached hydrogens (tertiary/aromatic N) is 6. The molecule has 2 aliphatic rings. The Morgan fingerprint density at radius 2 is 2.04 bits per heavy atom. The molecule has 0 spiro atoms. The second-order valence-corrected chi connectivity index (χ2v) is 8.01. The van der Waals surface area contributed by atoms with Crippen molar-refractivity contribution in [1.29, 1.82) is 0 Å². The largest absolute Gasteiger partial charge is 0.393 e. The van der Waals surface area contributed by atoms with Gasteiger partial charge in [-0.2, -0.15) is 0 Å². The van der Waals surface area contributed by atoms with E-state index in [9.17, 15) is 5.11 Å². The summed E-state index contributed by atoms with van der Waals surface area (Å²) in [5.41, 5.74) is 0. The highest BCUT2D eigenvalue weighted by atomic mass is 32.1. The van der Waals surface area contributed by atoms with Gasteiger partial charge in [0.1, 0.15) is 11.6 Å². The Labute approximate surface area is 152 Å². The fourth-order valence-electron chi connectivity index (χ4n) is 3.88. The van der Waals surface area contributed by atoms with E-state index in [0.29, 0.717) is 5.92 Å². The summed E-state index contributed by atoms with van der Waals surface area (Å²) in [7, 11) is 2.09. The molecule has 0 radical (unpaired) electrons. The average molecular weight is 363 g/mol. The number of aromatic nitrogens is 4. The molecule has 0 amide bonds. The molecule has 8 heteroatoms. The van der Waals surface area contributed by atoms with Crippen LogP contribution >= 0.6 is 11.3 Å². The van der Waals surface area contributed by atoms with Gasteiger partial charge in [-0.1, -0.05) is 0 Å². The number of hydrogen-bond donors (Lipinski definition) is 1. The van der Waals surface area contributed by atoms with E-state index in [4.69, 9.17) is 0 Å². The van der Waals surface area contributed by atoms with Gasteiger partial charge in [0.25, 0.3) is 0 Å². The van der Waals surface area contributed by atoms with Crippen LogP contribution in [-0.4, -0.2) is 62.0 Å². The van der Waals surface area contributed by atoms with E-state index in [1.165, 1.54) is 0 Å². The lowest BCUT2D eigenvalue weighted by Crippen LogP contribution is -2.36. The smallest absolute Gasteiger partial charge is 0.185 e. The predicted octanol–water partition coefficient (Wildman–Crippen LogP) is 1.61. The van der Waals surface area contributed by atoms with Gasteiger partial charge in [0.2, 0.25) is 0 Å². The maximum atomic E-state index is 9.66. The molecule has 2 aliphatic heterocycles. The molecule has 4 rings (SSSR count). The van der Waals surface area contributed by atoms with Crippen molar-refractivity contribution in [1.82, 2.24) is 24.6 Å². The number of thiazole rings is 1. The van der Waals surface area contributed by atoms with Crippen LogP contribution in [0.1, 0.15) is 43.3 Å². The second-order valence-electron chi connectivity index (χ2n) is 7.14. The zero-order chi connectivity index (χ0) is 17.2. The molecule has 136 valence electrons. The fraction of sp³-hybridized carbons (Fsp3) is 0.706. The topological polar surface area (TPSA) is 70.3 Å². The van der Waals surface area contributed by atoms with Gasteiger partial charge in [-0.3, -0.25) is 4.90 Å². The Morgan fingerprint density at radius 1 is 1.20 bits per heavy atom. The summed E-state index contributed by atoms with van der Waals surface area (Å²) in [6.45, 7) is 4.73. The van der Waals surface area contributed by atoms with Gasteiger partial charge in [-0.05, 0) is 25.7 Å².